The molecule has 0 fully saturated rings. The molecule has 0 aliphatic carbocycles. The second-order valence-corrected chi connectivity index (χ2v) is 4.92. The zero-order valence-corrected chi connectivity index (χ0v) is 13.2. The number of allylic oxidation sites excluding steroid dienone is 1. The first kappa shape index (κ1) is 18.1. The molecule has 2 rings (SSSR count). The fourth-order valence-corrected chi connectivity index (χ4v) is 1.96. The normalized spacial score (nSPS) is 10.7. The summed E-state index contributed by atoms with van der Waals surface area (Å²) in [6.45, 7) is -0.542. The van der Waals surface area contributed by atoms with Gasteiger partial charge in [-0.15, -0.1) is 0 Å². The number of aliphatic carboxylic acids is 1. The summed E-state index contributed by atoms with van der Waals surface area (Å²) >= 11 is 0. The summed E-state index contributed by atoms with van der Waals surface area (Å²) in [4.78, 5) is 22.7. The number of ether oxygens (including phenoxy) is 2. The van der Waals surface area contributed by atoms with Gasteiger partial charge in [0.1, 0.15) is 0 Å². The number of hydrogen-bond donors (Lipinski definition) is 1. The Bertz CT molecular complexity index is 830. The summed E-state index contributed by atoms with van der Waals surface area (Å²) in [5.74, 6) is -3.12. The molecule has 5 nitrogen and oxygen atoms in total. The minimum atomic E-state index is -1.14. The summed E-state index contributed by atoms with van der Waals surface area (Å²) in [6.07, 6.45) is 2.56. The summed E-state index contributed by atoms with van der Waals surface area (Å²) in [5, 5.41) is 8.62. The number of carboxylic acids is 1. The number of carbonyl (C=O) groups is 2. The molecule has 130 valence electrons. The SMILES string of the molecule is COc1cc(C(=O)/C=C/c2ccc(F)c(F)c2)ccc1OCC(=O)O. The first-order valence-corrected chi connectivity index (χ1v) is 7.11. The lowest BCUT2D eigenvalue weighted by molar-refractivity contribution is -0.139. The first-order valence-electron chi connectivity index (χ1n) is 7.11. The van der Waals surface area contributed by atoms with Crippen molar-refractivity contribution in [1.29, 1.82) is 0 Å². The van der Waals surface area contributed by atoms with Crippen LogP contribution in [0.1, 0.15) is 15.9 Å². The molecule has 0 aromatic heterocycles. The molecule has 2 aromatic rings. The van der Waals surface area contributed by atoms with Crippen molar-refractivity contribution < 1.29 is 33.0 Å². The quantitative estimate of drug-likeness (QED) is 0.614. The van der Waals surface area contributed by atoms with Crippen LogP contribution in [-0.2, 0) is 4.79 Å². The highest BCUT2D eigenvalue weighted by molar-refractivity contribution is 6.07. The zero-order chi connectivity index (χ0) is 18.4. The summed E-state index contributed by atoms with van der Waals surface area (Å²) in [6, 6.07) is 7.54. The molecule has 1 N–H and O–H groups in total. The van der Waals surface area contributed by atoms with Gasteiger partial charge in [-0.3, -0.25) is 4.79 Å². The summed E-state index contributed by atoms with van der Waals surface area (Å²) < 4.78 is 36.1. The number of methoxy groups -OCH3 is 1. The second-order valence-electron chi connectivity index (χ2n) is 4.92. The van der Waals surface area contributed by atoms with Crippen LogP contribution in [0.3, 0.4) is 0 Å². The largest absolute Gasteiger partial charge is 0.493 e. The number of carbonyl (C=O) groups excluding carboxylic acids is 1. The molecule has 0 radical (unpaired) electrons. The van der Waals surface area contributed by atoms with Crippen molar-refractivity contribution in [2.45, 2.75) is 0 Å². The number of rotatable bonds is 7. The van der Waals surface area contributed by atoms with Gasteiger partial charge in [-0.1, -0.05) is 12.1 Å². The number of carboxylic acid groups (broad SMARTS) is 1. The van der Waals surface area contributed by atoms with Crippen LogP contribution in [0, 0.1) is 11.6 Å². The maximum atomic E-state index is 13.1. The van der Waals surface area contributed by atoms with Gasteiger partial charge in [-0.05, 0) is 42.0 Å². The third kappa shape index (κ3) is 4.87. The van der Waals surface area contributed by atoms with E-state index in [0.717, 1.165) is 12.1 Å². The van der Waals surface area contributed by atoms with E-state index in [1.165, 1.54) is 43.5 Å². The van der Waals surface area contributed by atoms with Crippen molar-refractivity contribution in [2.24, 2.45) is 0 Å². The Morgan fingerprint density at radius 2 is 1.84 bits per heavy atom. The Labute approximate surface area is 142 Å². The van der Waals surface area contributed by atoms with E-state index in [1.54, 1.807) is 0 Å². The average Bonchev–Trinajstić information content (AvgIpc) is 2.60. The molecular weight excluding hydrogens is 334 g/mol. The third-order valence-corrected chi connectivity index (χ3v) is 3.17. The average molecular weight is 348 g/mol. The van der Waals surface area contributed by atoms with E-state index in [9.17, 15) is 18.4 Å². The monoisotopic (exact) mass is 348 g/mol. The molecule has 0 heterocycles. The molecule has 0 aliphatic rings. The van der Waals surface area contributed by atoms with Crippen molar-refractivity contribution in [3.05, 3.63) is 65.2 Å². The predicted molar refractivity (Wildman–Crippen MR) is 85.8 cm³/mol. The highest BCUT2D eigenvalue weighted by Crippen LogP contribution is 2.28. The zero-order valence-electron chi connectivity index (χ0n) is 13.2. The fraction of sp³-hybridized carbons (Fsp3) is 0.111. The topological polar surface area (TPSA) is 72.8 Å². The number of benzene rings is 2. The molecule has 0 aliphatic heterocycles. The Morgan fingerprint density at radius 3 is 2.48 bits per heavy atom. The van der Waals surface area contributed by atoms with Gasteiger partial charge in [0, 0.05) is 5.56 Å². The van der Waals surface area contributed by atoms with Crippen LogP contribution in [0.25, 0.3) is 6.08 Å². The van der Waals surface area contributed by atoms with Crippen LogP contribution in [-0.4, -0.2) is 30.6 Å². The van der Waals surface area contributed by atoms with Gasteiger partial charge in [0.05, 0.1) is 7.11 Å². The van der Waals surface area contributed by atoms with Gasteiger partial charge in [0.15, 0.2) is 35.5 Å². The van der Waals surface area contributed by atoms with Crippen LogP contribution >= 0.6 is 0 Å². The van der Waals surface area contributed by atoms with Crippen molar-refractivity contribution in [2.75, 3.05) is 13.7 Å². The molecule has 0 amide bonds. The van der Waals surface area contributed by atoms with Crippen LogP contribution in [0.15, 0.2) is 42.5 Å². The maximum absolute atomic E-state index is 13.1. The van der Waals surface area contributed by atoms with Gasteiger partial charge >= 0.3 is 5.97 Å². The maximum Gasteiger partial charge on any atom is 0.341 e. The minimum Gasteiger partial charge on any atom is -0.493 e. The van der Waals surface area contributed by atoms with E-state index in [-0.39, 0.29) is 17.1 Å². The van der Waals surface area contributed by atoms with Gasteiger partial charge in [-0.25, -0.2) is 13.6 Å². The Balaban J connectivity index is 2.16. The fourth-order valence-electron chi connectivity index (χ4n) is 1.96. The van der Waals surface area contributed by atoms with Crippen molar-refractivity contribution in [1.82, 2.24) is 0 Å². The standard InChI is InChI=1S/C18H14F2O5/c1-24-17-9-12(4-7-16(17)25-10-18(22)23)15(21)6-3-11-2-5-13(19)14(20)8-11/h2-9H,10H2,1H3,(H,22,23)/b6-3+. The molecule has 0 atom stereocenters. The van der Waals surface area contributed by atoms with E-state index < -0.39 is 30.0 Å². The number of hydrogen-bond acceptors (Lipinski definition) is 4. The molecule has 25 heavy (non-hydrogen) atoms. The van der Waals surface area contributed by atoms with Crippen LogP contribution < -0.4 is 9.47 Å². The van der Waals surface area contributed by atoms with Crippen LogP contribution in [0.4, 0.5) is 8.78 Å². The Morgan fingerprint density at radius 1 is 1.08 bits per heavy atom. The van der Waals surface area contributed by atoms with E-state index in [1.807, 2.05) is 0 Å². The van der Waals surface area contributed by atoms with E-state index in [2.05, 4.69) is 0 Å². The van der Waals surface area contributed by atoms with E-state index in [4.69, 9.17) is 14.6 Å². The number of ketones is 1. The van der Waals surface area contributed by atoms with E-state index >= 15 is 0 Å². The number of halogens is 2. The van der Waals surface area contributed by atoms with Crippen LogP contribution in [0.5, 0.6) is 11.5 Å². The highest BCUT2D eigenvalue weighted by atomic mass is 19.2. The Kier molecular flexibility index (Phi) is 5.84. The molecule has 2 aromatic carbocycles. The Hall–Kier alpha value is -3.22. The van der Waals surface area contributed by atoms with Gasteiger partial charge in [0.25, 0.3) is 0 Å². The third-order valence-electron chi connectivity index (χ3n) is 3.17. The predicted octanol–water partition coefficient (Wildman–Crippen LogP) is 3.33. The van der Waals surface area contributed by atoms with E-state index in [0.29, 0.717) is 5.56 Å². The lowest BCUT2D eigenvalue weighted by atomic mass is 10.1. The molecular formula is C18H14F2O5. The molecule has 0 saturated heterocycles. The van der Waals surface area contributed by atoms with Crippen molar-refractivity contribution >= 4 is 17.8 Å². The lowest BCUT2D eigenvalue weighted by Crippen LogP contribution is -2.10. The molecule has 0 bridgehead atoms. The lowest BCUT2D eigenvalue weighted by Gasteiger charge is -2.09. The summed E-state index contributed by atoms with van der Waals surface area (Å²) in [7, 11) is 1.36. The van der Waals surface area contributed by atoms with Crippen LogP contribution in [0.2, 0.25) is 0 Å². The molecule has 7 heteroatoms. The van der Waals surface area contributed by atoms with Crippen molar-refractivity contribution in [3.8, 4) is 11.5 Å². The van der Waals surface area contributed by atoms with Gasteiger partial charge in [-0.2, -0.15) is 0 Å². The molecule has 0 unspecified atom stereocenters. The highest BCUT2D eigenvalue weighted by Gasteiger charge is 2.11. The van der Waals surface area contributed by atoms with Gasteiger partial charge < -0.3 is 14.6 Å². The smallest absolute Gasteiger partial charge is 0.341 e. The van der Waals surface area contributed by atoms with Crippen molar-refractivity contribution in [3.63, 3.8) is 0 Å². The molecule has 0 spiro atoms. The summed E-state index contributed by atoms with van der Waals surface area (Å²) in [5.41, 5.74) is 0.596. The second kappa shape index (κ2) is 8.05. The minimum absolute atomic E-state index is 0.186. The first-order chi connectivity index (χ1) is 11.9. The molecule has 0 saturated carbocycles. The van der Waals surface area contributed by atoms with Gasteiger partial charge in [0.2, 0.25) is 0 Å².